The fourth-order valence-corrected chi connectivity index (χ4v) is 3.88. The number of aromatic nitrogens is 1. The van der Waals surface area contributed by atoms with E-state index >= 15 is 0 Å². The summed E-state index contributed by atoms with van der Waals surface area (Å²) in [5.41, 5.74) is 0.488. The maximum atomic E-state index is 13.0. The zero-order valence-electron chi connectivity index (χ0n) is 16.0. The Hall–Kier alpha value is -3.50. The van der Waals surface area contributed by atoms with Gasteiger partial charge in [-0.05, 0) is 23.8 Å². The molecule has 0 unspecified atom stereocenters. The Kier molecular flexibility index (Phi) is 6.60. The number of ether oxygens (including phenoxy) is 1. The summed E-state index contributed by atoms with van der Waals surface area (Å²) in [6, 6.07) is 13.9. The minimum absolute atomic E-state index is 0.00500. The summed E-state index contributed by atoms with van der Waals surface area (Å²) in [6.45, 7) is 0.654. The van der Waals surface area contributed by atoms with E-state index in [1.54, 1.807) is 36.4 Å². The largest absolute Gasteiger partial charge is 0.420 e. The SMILES string of the molecule is COCCNc1oc(/C=C/c2cccc([N+](=O)[O-])c2)nc1S(=O)(=O)c1ccccc1. The number of benzene rings is 2. The molecule has 0 radical (unpaired) electrons. The van der Waals surface area contributed by atoms with E-state index in [0.717, 1.165) is 0 Å². The van der Waals surface area contributed by atoms with Gasteiger partial charge in [0.15, 0.2) is 0 Å². The van der Waals surface area contributed by atoms with Crippen LogP contribution in [-0.2, 0) is 14.6 Å². The number of sulfone groups is 1. The van der Waals surface area contributed by atoms with Crippen molar-refractivity contribution in [3.8, 4) is 0 Å². The minimum atomic E-state index is -3.92. The quantitative estimate of drug-likeness (QED) is 0.310. The Morgan fingerprint density at radius 1 is 1.17 bits per heavy atom. The molecule has 1 aromatic heterocycles. The minimum Gasteiger partial charge on any atom is -0.420 e. The third-order valence-electron chi connectivity index (χ3n) is 4.01. The first kappa shape index (κ1) is 21.2. The first-order valence-electron chi connectivity index (χ1n) is 8.88. The second-order valence-electron chi connectivity index (χ2n) is 6.11. The second kappa shape index (κ2) is 9.33. The number of nitro groups is 1. The van der Waals surface area contributed by atoms with E-state index in [0.29, 0.717) is 18.7 Å². The first-order valence-corrected chi connectivity index (χ1v) is 10.4. The van der Waals surface area contributed by atoms with Crippen LogP contribution in [0.5, 0.6) is 0 Å². The summed E-state index contributed by atoms with van der Waals surface area (Å²) in [4.78, 5) is 14.6. The van der Waals surface area contributed by atoms with E-state index in [2.05, 4.69) is 10.3 Å². The smallest absolute Gasteiger partial charge is 0.270 e. The van der Waals surface area contributed by atoms with Crippen LogP contribution in [0.25, 0.3) is 12.2 Å². The molecule has 156 valence electrons. The highest BCUT2D eigenvalue weighted by Crippen LogP contribution is 2.29. The first-order chi connectivity index (χ1) is 14.4. The fourth-order valence-electron chi connectivity index (χ4n) is 2.57. The third kappa shape index (κ3) is 4.91. The average molecular weight is 429 g/mol. The number of hydrogen-bond donors (Lipinski definition) is 1. The standard InChI is InChI=1S/C20H19N3O6S/c1-28-13-12-21-19-20(30(26,27)17-8-3-2-4-9-17)22-18(29-19)11-10-15-6-5-7-16(14-15)23(24)25/h2-11,14,21H,12-13H2,1H3/b11-10+. The molecule has 0 aliphatic heterocycles. The van der Waals surface area contributed by atoms with Gasteiger partial charge in [-0.25, -0.2) is 8.42 Å². The van der Waals surface area contributed by atoms with Gasteiger partial charge < -0.3 is 14.5 Å². The molecule has 30 heavy (non-hydrogen) atoms. The van der Waals surface area contributed by atoms with Crippen LogP contribution in [0.4, 0.5) is 11.6 Å². The van der Waals surface area contributed by atoms with E-state index in [1.807, 2.05) is 0 Å². The molecule has 3 rings (SSSR count). The molecule has 9 nitrogen and oxygen atoms in total. The second-order valence-corrected chi connectivity index (χ2v) is 7.97. The number of oxazole rings is 1. The Bertz CT molecular complexity index is 1160. The van der Waals surface area contributed by atoms with Gasteiger partial charge in [0.05, 0.1) is 16.4 Å². The van der Waals surface area contributed by atoms with Crippen molar-refractivity contribution >= 4 is 33.6 Å². The lowest BCUT2D eigenvalue weighted by atomic mass is 10.2. The Balaban J connectivity index is 1.96. The molecule has 0 spiro atoms. The van der Waals surface area contributed by atoms with Gasteiger partial charge in [0.25, 0.3) is 5.69 Å². The lowest BCUT2D eigenvalue weighted by Crippen LogP contribution is -2.11. The normalized spacial score (nSPS) is 11.6. The fraction of sp³-hybridized carbons (Fsp3) is 0.150. The van der Waals surface area contributed by atoms with Crippen molar-refractivity contribution in [2.45, 2.75) is 9.92 Å². The van der Waals surface area contributed by atoms with Gasteiger partial charge >= 0.3 is 0 Å². The molecular formula is C20H19N3O6S. The van der Waals surface area contributed by atoms with Gasteiger partial charge in [0.2, 0.25) is 26.6 Å². The van der Waals surface area contributed by atoms with Gasteiger partial charge in [-0.2, -0.15) is 4.98 Å². The van der Waals surface area contributed by atoms with Crippen molar-refractivity contribution in [1.29, 1.82) is 0 Å². The van der Waals surface area contributed by atoms with Crippen LogP contribution in [-0.4, -0.2) is 38.6 Å². The van der Waals surface area contributed by atoms with E-state index < -0.39 is 14.8 Å². The molecule has 2 aromatic carbocycles. The van der Waals surface area contributed by atoms with E-state index in [1.165, 1.54) is 37.5 Å². The van der Waals surface area contributed by atoms with Gasteiger partial charge in [-0.15, -0.1) is 0 Å². The monoisotopic (exact) mass is 429 g/mol. The number of nitro benzene ring substituents is 1. The summed E-state index contributed by atoms with van der Waals surface area (Å²) in [5, 5.41) is 13.5. The highest BCUT2D eigenvalue weighted by Gasteiger charge is 2.27. The Labute approximate surface area is 173 Å². The van der Waals surface area contributed by atoms with Crippen LogP contribution in [0.15, 0.2) is 68.9 Å². The summed E-state index contributed by atoms with van der Waals surface area (Å²) < 4.78 is 36.6. The predicted molar refractivity (Wildman–Crippen MR) is 111 cm³/mol. The number of non-ortho nitro benzene ring substituents is 1. The molecule has 0 aliphatic carbocycles. The van der Waals surface area contributed by atoms with Crippen LogP contribution in [0, 0.1) is 10.1 Å². The lowest BCUT2D eigenvalue weighted by Gasteiger charge is -2.05. The van der Waals surface area contributed by atoms with Gasteiger partial charge in [-0.3, -0.25) is 10.1 Å². The van der Waals surface area contributed by atoms with Crippen molar-refractivity contribution in [2.24, 2.45) is 0 Å². The maximum absolute atomic E-state index is 13.0. The topological polar surface area (TPSA) is 125 Å². The zero-order chi connectivity index (χ0) is 21.6. The number of hydrogen-bond acceptors (Lipinski definition) is 8. The molecule has 0 atom stereocenters. The van der Waals surface area contributed by atoms with Crippen molar-refractivity contribution in [1.82, 2.24) is 4.98 Å². The van der Waals surface area contributed by atoms with E-state index in [9.17, 15) is 18.5 Å². The number of nitrogens with one attached hydrogen (secondary N) is 1. The molecule has 0 fully saturated rings. The molecule has 0 aliphatic rings. The van der Waals surface area contributed by atoms with Crippen LogP contribution in [0.2, 0.25) is 0 Å². The van der Waals surface area contributed by atoms with Crippen LogP contribution >= 0.6 is 0 Å². The number of rotatable bonds is 9. The van der Waals surface area contributed by atoms with Crippen molar-refractivity contribution < 1.29 is 22.5 Å². The zero-order valence-corrected chi connectivity index (χ0v) is 16.8. The number of nitrogens with zero attached hydrogens (tertiary/aromatic N) is 2. The highest BCUT2D eigenvalue weighted by molar-refractivity contribution is 7.91. The summed E-state index contributed by atoms with van der Waals surface area (Å²) in [5.74, 6) is 0.0329. The molecule has 0 amide bonds. The molecule has 0 bridgehead atoms. The summed E-state index contributed by atoms with van der Waals surface area (Å²) in [6.07, 6.45) is 3.00. The van der Waals surface area contributed by atoms with Gasteiger partial charge in [0.1, 0.15) is 0 Å². The lowest BCUT2D eigenvalue weighted by molar-refractivity contribution is -0.384. The average Bonchev–Trinajstić information content (AvgIpc) is 3.17. The number of anilines is 1. The van der Waals surface area contributed by atoms with Crippen LogP contribution < -0.4 is 5.32 Å². The molecule has 0 saturated heterocycles. The summed E-state index contributed by atoms with van der Waals surface area (Å²) >= 11 is 0. The van der Waals surface area contributed by atoms with Gasteiger partial charge in [0, 0.05) is 31.9 Å². The summed E-state index contributed by atoms with van der Waals surface area (Å²) in [7, 11) is -2.39. The van der Waals surface area contributed by atoms with Crippen molar-refractivity contribution in [2.75, 3.05) is 25.6 Å². The Morgan fingerprint density at radius 2 is 1.93 bits per heavy atom. The van der Waals surface area contributed by atoms with E-state index in [4.69, 9.17) is 9.15 Å². The third-order valence-corrected chi connectivity index (χ3v) is 5.69. The molecule has 1 N–H and O–H groups in total. The Morgan fingerprint density at radius 3 is 2.63 bits per heavy atom. The molecule has 10 heteroatoms. The molecule has 1 heterocycles. The number of methoxy groups -OCH3 is 1. The molecule has 3 aromatic rings. The predicted octanol–water partition coefficient (Wildman–Crippen LogP) is 3.64. The van der Waals surface area contributed by atoms with Gasteiger partial charge in [-0.1, -0.05) is 30.3 Å². The van der Waals surface area contributed by atoms with Crippen LogP contribution in [0.1, 0.15) is 11.5 Å². The highest BCUT2D eigenvalue weighted by atomic mass is 32.2. The maximum Gasteiger partial charge on any atom is 0.270 e. The van der Waals surface area contributed by atoms with Crippen LogP contribution in [0.3, 0.4) is 0 Å². The van der Waals surface area contributed by atoms with Crippen molar-refractivity contribution in [3.05, 3.63) is 76.2 Å². The molecular weight excluding hydrogens is 410 g/mol. The van der Waals surface area contributed by atoms with Crippen molar-refractivity contribution in [3.63, 3.8) is 0 Å². The molecule has 0 saturated carbocycles. The van der Waals surface area contributed by atoms with E-state index in [-0.39, 0.29) is 27.4 Å².